The highest BCUT2D eigenvalue weighted by atomic mass is 32.2. The van der Waals surface area contributed by atoms with E-state index in [1.807, 2.05) is 6.07 Å². The van der Waals surface area contributed by atoms with Gasteiger partial charge in [-0.25, -0.2) is 13.2 Å². The van der Waals surface area contributed by atoms with Gasteiger partial charge in [0.05, 0.1) is 29.9 Å². The Hall–Kier alpha value is -3.26. The lowest BCUT2D eigenvalue weighted by molar-refractivity contribution is 0.0601. The molecular formula is C22H23NO6S. The van der Waals surface area contributed by atoms with E-state index in [9.17, 15) is 18.3 Å². The first-order valence-corrected chi connectivity index (χ1v) is 10.9. The second-order valence-electron chi connectivity index (χ2n) is 6.70. The van der Waals surface area contributed by atoms with Crippen molar-refractivity contribution in [3.8, 4) is 11.5 Å². The zero-order valence-electron chi connectivity index (χ0n) is 16.7. The number of esters is 1. The van der Waals surface area contributed by atoms with Crippen LogP contribution in [-0.4, -0.2) is 33.2 Å². The van der Waals surface area contributed by atoms with E-state index in [0.29, 0.717) is 6.61 Å². The molecule has 0 aliphatic carbocycles. The second kappa shape index (κ2) is 9.04. The van der Waals surface area contributed by atoms with E-state index in [1.54, 1.807) is 24.3 Å². The van der Waals surface area contributed by atoms with Crippen molar-refractivity contribution in [1.82, 2.24) is 0 Å². The number of carbonyl (C=O) groups is 1. The summed E-state index contributed by atoms with van der Waals surface area (Å²) in [6.07, 6.45) is 2.01. The Bertz CT molecular complexity index is 1170. The highest BCUT2D eigenvalue weighted by Gasteiger charge is 2.20. The largest absolute Gasteiger partial charge is 0.508 e. The molecule has 2 N–H and O–H groups in total. The van der Waals surface area contributed by atoms with Crippen LogP contribution < -0.4 is 9.46 Å². The summed E-state index contributed by atoms with van der Waals surface area (Å²) in [6, 6.07) is 13.9. The minimum absolute atomic E-state index is 0.0134. The normalized spacial score (nSPS) is 11.3. The molecule has 0 fully saturated rings. The summed E-state index contributed by atoms with van der Waals surface area (Å²) < 4.78 is 38.5. The molecule has 0 saturated carbocycles. The molecule has 0 amide bonds. The van der Waals surface area contributed by atoms with Gasteiger partial charge >= 0.3 is 5.97 Å². The molecule has 0 bridgehead atoms. The molecule has 30 heavy (non-hydrogen) atoms. The number of rotatable bonds is 8. The van der Waals surface area contributed by atoms with E-state index in [4.69, 9.17) is 4.74 Å². The Kier molecular flexibility index (Phi) is 6.47. The van der Waals surface area contributed by atoms with Crippen LogP contribution in [0.1, 0.15) is 30.1 Å². The first-order valence-electron chi connectivity index (χ1n) is 9.45. The van der Waals surface area contributed by atoms with Gasteiger partial charge in [0.25, 0.3) is 10.0 Å². The van der Waals surface area contributed by atoms with Crippen LogP contribution in [0.25, 0.3) is 10.8 Å². The molecule has 8 heteroatoms. The van der Waals surface area contributed by atoms with Crippen LogP contribution in [-0.2, 0) is 14.8 Å². The molecule has 0 saturated heterocycles. The van der Waals surface area contributed by atoms with E-state index in [1.165, 1.54) is 25.3 Å². The van der Waals surface area contributed by atoms with Gasteiger partial charge in [-0.3, -0.25) is 4.72 Å². The number of unbranched alkanes of at least 4 members (excludes halogenated alkanes) is 1. The van der Waals surface area contributed by atoms with Crippen molar-refractivity contribution in [3.05, 3.63) is 60.2 Å². The molecule has 0 heterocycles. The number of carbonyl (C=O) groups excluding carboxylic acids is 1. The van der Waals surface area contributed by atoms with Crippen LogP contribution in [0.2, 0.25) is 0 Å². The third-order valence-electron chi connectivity index (χ3n) is 4.51. The van der Waals surface area contributed by atoms with Crippen LogP contribution in [0.5, 0.6) is 11.5 Å². The molecule has 7 nitrogen and oxygen atoms in total. The van der Waals surface area contributed by atoms with Crippen LogP contribution in [0.3, 0.4) is 0 Å². The summed E-state index contributed by atoms with van der Waals surface area (Å²) in [7, 11) is -2.81. The van der Waals surface area contributed by atoms with E-state index in [2.05, 4.69) is 16.4 Å². The van der Waals surface area contributed by atoms with Gasteiger partial charge in [-0.05, 0) is 59.7 Å². The predicted octanol–water partition coefficient (Wildman–Crippen LogP) is 4.31. The van der Waals surface area contributed by atoms with Gasteiger partial charge in [0.1, 0.15) is 11.5 Å². The Balaban J connectivity index is 1.89. The number of hydrogen-bond acceptors (Lipinski definition) is 6. The number of nitrogens with one attached hydrogen (secondary N) is 1. The molecule has 3 rings (SSSR count). The van der Waals surface area contributed by atoms with Crippen molar-refractivity contribution in [2.24, 2.45) is 0 Å². The van der Waals surface area contributed by atoms with E-state index < -0.39 is 16.0 Å². The summed E-state index contributed by atoms with van der Waals surface area (Å²) in [5.41, 5.74) is -0.0739. The summed E-state index contributed by atoms with van der Waals surface area (Å²) in [4.78, 5) is 12.0. The number of sulfonamides is 1. The molecule has 0 atom stereocenters. The van der Waals surface area contributed by atoms with E-state index >= 15 is 0 Å². The smallest absolute Gasteiger partial charge is 0.340 e. The molecule has 0 unspecified atom stereocenters. The SMILES string of the molecule is CCCCOc1ccc2cc(S(=O)(=O)Nc3ccc(O)cc3C(=O)OC)ccc2c1. The number of benzene rings is 3. The Morgan fingerprint density at radius 2 is 1.77 bits per heavy atom. The van der Waals surface area contributed by atoms with Crippen molar-refractivity contribution >= 4 is 32.5 Å². The number of fused-ring (bicyclic) bond motifs is 1. The third kappa shape index (κ3) is 4.83. The maximum atomic E-state index is 12.9. The van der Waals surface area contributed by atoms with E-state index in [-0.39, 0.29) is 21.9 Å². The minimum atomic E-state index is -3.98. The standard InChI is InChI=1S/C22H23NO6S/c1-3-4-11-29-18-8-5-16-13-19(9-6-15(16)12-18)30(26,27)23-21-10-7-17(24)14-20(21)22(25)28-2/h5-10,12-14,23-24H,3-4,11H2,1-2H3. The Morgan fingerprint density at radius 3 is 2.50 bits per heavy atom. The third-order valence-corrected chi connectivity index (χ3v) is 5.88. The first-order chi connectivity index (χ1) is 14.3. The summed E-state index contributed by atoms with van der Waals surface area (Å²) in [5, 5.41) is 11.2. The fourth-order valence-corrected chi connectivity index (χ4v) is 4.01. The fourth-order valence-electron chi connectivity index (χ4n) is 2.90. The molecular weight excluding hydrogens is 406 g/mol. The van der Waals surface area contributed by atoms with Gasteiger partial charge in [0.2, 0.25) is 0 Å². The number of aromatic hydroxyl groups is 1. The molecule has 0 aliphatic heterocycles. The van der Waals surface area contributed by atoms with Crippen LogP contribution >= 0.6 is 0 Å². The molecule has 0 aromatic heterocycles. The van der Waals surface area contributed by atoms with Crippen molar-refractivity contribution in [1.29, 1.82) is 0 Å². The van der Waals surface area contributed by atoms with E-state index in [0.717, 1.165) is 35.4 Å². The highest BCUT2D eigenvalue weighted by molar-refractivity contribution is 7.92. The van der Waals surface area contributed by atoms with Crippen molar-refractivity contribution in [3.63, 3.8) is 0 Å². The topological polar surface area (TPSA) is 102 Å². The number of methoxy groups -OCH3 is 1. The number of hydrogen-bond donors (Lipinski definition) is 2. The Labute approximate surface area is 175 Å². The lowest BCUT2D eigenvalue weighted by Crippen LogP contribution is -2.16. The van der Waals surface area contributed by atoms with Crippen LogP contribution in [0, 0.1) is 0 Å². The maximum absolute atomic E-state index is 12.9. The zero-order valence-corrected chi connectivity index (χ0v) is 17.5. The maximum Gasteiger partial charge on any atom is 0.340 e. The molecule has 0 spiro atoms. The highest BCUT2D eigenvalue weighted by Crippen LogP contribution is 2.27. The average Bonchev–Trinajstić information content (AvgIpc) is 2.74. The number of ether oxygens (including phenoxy) is 2. The van der Waals surface area contributed by atoms with Gasteiger partial charge in [0.15, 0.2) is 0 Å². The lowest BCUT2D eigenvalue weighted by Gasteiger charge is -2.13. The monoisotopic (exact) mass is 429 g/mol. The Morgan fingerprint density at radius 1 is 1.03 bits per heavy atom. The predicted molar refractivity (Wildman–Crippen MR) is 115 cm³/mol. The second-order valence-corrected chi connectivity index (χ2v) is 8.38. The minimum Gasteiger partial charge on any atom is -0.508 e. The summed E-state index contributed by atoms with van der Waals surface area (Å²) in [6.45, 7) is 2.72. The molecule has 0 radical (unpaired) electrons. The van der Waals surface area contributed by atoms with Gasteiger partial charge in [0, 0.05) is 0 Å². The van der Waals surface area contributed by atoms with Gasteiger partial charge < -0.3 is 14.6 Å². The van der Waals surface area contributed by atoms with Crippen LogP contribution in [0.4, 0.5) is 5.69 Å². The van der Waals surface area contributed by atoms with Gasteiger partial charge in [-0.1, -0.05) is 25.5 Å². The zero-order chi connectivity index (χ0) is 21.7. The molecule has 3 aromatic carbocycles. The van der Waals surface area contributed by atoms with Gasteiger partial charge in [-0.15, -0.1) is 0 Å². The molecule has 158 valence electrons. The van der Waals surface area contributed by atoms with Crippen molar-refractivity contribution < 1.29 is 27.8 Å². The quantitative estimate of drug-likeness (QED) is 0.314. The number of phenolic OH excluding ortho intramolecular Hbond substituents is 1. The van der Waals surface area contributed by atoms with Crippen LogP contribution in [0.15, 0.2) is 59.5 Å². The van der Waals surface area contributed by atoms with Crippen molar-refractivity contribution in [2.75, 3.05) is 18.4 Å². The summed E-state index contributed by atoms with van der Waals surface area (Å²) in [5.74, 6) is -0.213. The fraction of sp³-hybridized carbons (Fsp3) is 0.227. The number of anilines is 1. The first kappa shape index (κ1) is 21.4. The molecule has 0 aliphatic rings. The summed E-state index contributed by atoms with van der Waals surface area (Å²) >= 11 is 0. The van der Waals surface area contributed by atoms with Gasteiger partial charge in [-0.2, -0.15) is 0 Å². The lowest BCUT2D eigenvalue weighted by atomic mass is 10.1. The van der Waals surface area contributed by atoms with Crippen molar-refractivity contribution in [2.45, 2.75) is 24.7 Å². The average molecular weight is 429 g/mol. The molecule has 3 aromatic rings. The number of phenols is 1.